The monoisotopic (exact) mass is 301 g/mol. The molecular weight excluding hydrogens is 290 g/mol. The van der Waals surface area contributed by atoms with Crippen molar-refractivity contribution in [2.75, 3.05) is 6.54 Å². The average Bonchev–Trinajstić information content (AvgIpc) is 3.10. The lowest BCUT2D eigenvalue weighted by Crippen LogP contribution is -3.00. The minimum Gasteiger partial charge on any atom is -1.00 e. The van der Waals surface area contributed by atoms with Gasteiger partial charge in [0.1, 0.15) is 5.69 Å². The number of amides is 1. The van der Waals surface area contributed by atoms with E-state index in [1.165, 1.54) is 0 Å². The summed E-state index contributed by atoms with van der Waals surface area (Å²) in [6.45, 7) is 2.29. The molecule has 21 heavy (non-hydrogen) atoms. The van der Waals surface area contributed by atoms with Crippen LogP contribution in [0.15, 0.2) is 42.5 Å². The van der Waals surface area contributed by atoms with E-state index in [1.54, 1.807) is 36.3 Å². The first-order valence-electron chi connectivity index (χ1n) is 6.16. The lowest BCUT2D eigenvalue weighted by molar-refractivity contribution is -0.116. The number of hydrogen-bond donors (Lipinski definition) is 1. The number of nitrogens with zero attached hydrogens (tertiary/aromatic N) is 4. The molecule has 1 amide bonds. The Bertz CT molecular complexity index is 758. The van der Waals surface area contributed by atoms with Gasteiger partial charge in [0.05, 0.1) is 6.33 Å². The Hall–Kier alpha value is -2.65. The fourth-order valence-electron chi connectivity index (χ4n) is 2.30. The van der Waals surface area contributed by atoms with Crippen molar-refractivity contribution in [2.45, 2.75) is 6.92 Å². The van der Waals surface area contributed by atoms with E-state index in [1.807, 2.05) is 12.1 Å². The number of halogens is 1. The van der Waals surface area contributed by atoms with E-state index in [-0.39, 0.29) is 18.3 Å². The first kappa shape index (κ1) is 14.8. The molecule has 0 radical (unpaired) electrons. The molecule has 1 aromatic carbocycles. The van der Waals surface area contributed by atoms with Gasteiger partial charge in [-0.05, 0) is 24.1 Å². The zero-order valence-corrected chi connectivity index (χ0v) is 12.0. The van der Waals surface area contributed by atoms with Crippen LogP contribution in [-0.2, 0) is 4.79 Å². The molecule has 1 aromatic heterocycles. The molecular formula is C14H12ClN5O. The molecule has 0 fully saturated rings. The van der Waals surface area contributed by atoms with Gasteiger partial charge in [0.25, 0.3) is 0 Å². The Morgan fingerprint density at radius 1 is 1.43 bits per heavy atom. The van der Waals surface area contributed by atoms with Gasteiger partial charge in [0.2, 0.25) is 11.3 Å². The van der Waals surface area contributed by atoms with E-state index in [2.05, 4.69) is 15.3 Å². The van der Waals surface area contributed by atoms with Crippen LogP contribution < -0.4 is 17.7 Å². The SMILES string of the molecule is CC1=C(c2ccc(-n3ccnc3)c([N+]#N)c2)CNC1=O.[Cl-]. The van der Waals surface area contributed by atoms with E-state index in [9.17, 15) is 10.2 Å². The average molecular weight is 302 g/mol. The van der Waals surface area contributed by atoms with Crippen LogP contribution in [-0.4, -0.2) is 22.0 Å². The summed E-state index contributed by atoms with van der Waals surface area (Å²) in [5.74, 6) is -0.0545. The van der Waals surface area contributed by atoms with Crippen LogP contribution >= 0.6 is 0 Å². The van der Waals surface area contributed by atoms with Crippen LogP contribution in [0.1, 0.15) is 12.5 Å². The molecule has 0 aliphatic carbocycles. The van der Waals surface area contributed by atoms with Gasteiger partial charge in [0.15, 0.2) is 4.98 Å². The maximum absolute atomic E-state index is 11.5. The molecule has 2 aromatic rings. The molecule has 0 saturated heterocycles. The normalized spacial score (nSPS) is 13.6. The molecule has 3 rings (SSSR count). The number of carbonyl (C=O) groups is 1. The summed E-state index contributed by atoms with van der Waals surface area (Å²) in [6, 6.07) is 5.51. The molecule has 0 atom stereocenters. The second-order valence-corrected chi connectivity index (χ2v) is 4.56. The molecule has 1 N–H and O–H groups in total. The minimum atomic E-state index is -0.0545. The highest BCUT2D eigenvalue weighted by molar-refractivity contribution is 6.05. The zero-order chi connectivity index (χ0) is 14.1. The molecule has 106 valence electrons. The van der Waals surface area contributed by atoms with Crippen molar-refractivity contribution in [1.29, 1.82) is 5.39 Å². The van der Waals surface area contributed by atoms with Gasteiger partial charge in [0, 0.05) is 30.6 Å². The van der Waals surface area contributed by atoms with Crippen LogP contribution in [0.25, 0.3) is 16.2 Å². The van der Waals surface area contributed by atoms with E-state index in [0.717, 1.165) is 16.8 Å². The molecule has 2 heterocycles. The number of carbonyl (C=O) groups excluding carboxylic acids is 1. The number of rotatable bonds is 2. The maximum Gasteiger partial charge on any atom is 0.409 e. The fourth-order valence-corrected chi connectivity index (χ4v) is 2.30. The second-order valence-electron chi connectivity index (χ2n) is 4.56. The van der Waals surface area contributed by atoms with Crippen molar-refractivity contribution in [1.82, 2.24) is 14.9 Å². The highest BCUT2D eigenvalue weighted by Gasteiger charge is 2.23. The van der Waals surface area contributed by atoms with Gasteiger partial charge in [-0.15, -0.1) is 0 Å². The topological polar surface area (TPSA) is 75.1 Å². The highest BCUT2D eigenvalue weighted by atomic mass is 35.5. The van der Waals surface area contributed by atoms with Gasteiger partial charge in [-0.1, -0.05) is 6.07 Å². The third-order valence-electron chi connectivity index (χ3n) is 3.43. The number of imidazole rings is 1. The van der Waals surface area contributed by atoms with Crippen LogP contribution in [0.5, 0.6) is 0 Å². The predicted octanol–water partition coefficient (Wildman–Crippen LogP) is -0.736. The summed E-state index contributed by atoms with van der Waals surface area (Å²) < 4.78 is 1.76. The van der Waals surface area contributed by atoms with Crippen molar-refractivity contribution in [3.63, 3.8) is 0 Å². The first-order valence-corrected chi connectivity index (χ1v) is 6.16. The zero-order valence-electron chi connectivity index (χ0n) is 11.2. The van der Waals surface area contributed by atoms with Crippen LogP contribution in [0, 0.1) is 5.39 Å². The van der Waals surface area contributed by atoms with Crippen LogP contribution in [0.2, 0.25) is 0 Å². The Labute approximate surface area is 127 Å². The predicted molar refractivity (Wildman–Crippen MR) is 73.9 cm³/mol. The quantitative estimate of drug-likeness (QED) is 0.743. The number of hydrogen-bond acceptors (Lipinski definition) is 3. The molecule has 0 unspecified atom stereocenters. The molecule has 7 heteroatoms. The molecule has 1 aliphatic rings. The minimum absolute atomic E-state index is 0. The smallest absolute Gasteiger partial charge is 0.409 e. The highest BCUT2D eigenvalue weighted by Crippen LogP contribution is 2.30. The summed E-state index contributed by atoms with van der Waals surface area (Å²) in [5.41, 5.74) is 3.66. The fraction of sp³-hybridized carbons (Fsp3) is 0.143. The molecule has 0 bridgehead atoms. The Morgan fingerprint density at radius 3 is 2.81 bits per heavy atom. The lowest BCUT2D eigenvalue weighted by atomic mass is 10.0. The van der Waals surface area contributed by atoms with Gasteiger partial charge >= 0.3 is 5.69 Å². The Balaban J connectivity index is 0.00000161. The van der Waals surface area contributed by atoms with Crippen molar-refractivity contribution in [3.8, 4) is 5.69 Å². The van der Waals surface area contributed by atoms with Crippen molar-refractivity contribution in [2.24, 2.45) is 0 Å². The van der Waals surface area contributed by atoms with Gasteiger partial charge in [-0.3, -0.25) is 9.36 Å². The number of diazo groups is 1. The third-order valence-corrected chi connectivity index (χ3v) is 3.43. The van der Waals surface area contributed by atoms with Crippen molar-refractivity contribution >= 4 is 17.2 Å². The van der Waals surface area contributed by atoms with Crippen LogP contribution in [0.3, 0.4) is 0 Å². The summed E-state index contributed by atoms with van der Waals surface area (Å²) in [6.07, 6.45) is 5.06. The van der Waals surface area contributed by atoms with Gasteiger partial charge in [-0.2, -0.15) is 0 Å². The number of benzene rings is 1. The van der Waals surface area contributed by atoms with Crippen LogP contribution in [0.4, 0.5) is 5.69 Å². The molecule has 0 spiro atoms. The van der Waals surface area contributed by atoms with E-state index >= 15 is 0 Å². The number of aromatic nitrogens is 2. The summed E-state index contributed by atoms with van der Waals surface area (Å²) in [5, 5.41) is 12.0. The third kappa shape index (κ3) is 2.51. The maximum atomic E-state index is 11.5. The largest absolute Gasteiger partial charge is 1.00 e. The Kier molecular flexibility index (Phi) is 4.05. The summed E-state index contributed by atoms with van der Waals surface area (Å²) in [4.78, 5) is 18.8. The molecule has 6 nitrogen and oxygen atoms in total. The van der Waals surface area contributed by atoms with Gasteiger partial charge < -0.3 is 17.7 Å². The summed E-state index contributed by atoms with van der Waals surface area (Å²) >= 11 is 0. The van der Waals surface area contributed by atoms with E-state index in [0.29, 0.717) is 17.8 Å². The van der Waals surface area contributed by atoms with E-state index < -0.39 is 0 Å². The van der Waals surface area contributed by atoms with Gasteiger partial charge in [-0.25, -0.2) is 4.98 Å². The Morgan fingerprint density at radius 2 is 2.24 bits per heavy atom. The molecule has 0 saturated carbocycles. The molecule has 1 aliphatic heterocycles. The first-order chi connectivity index (χ1) is 9.70. The van der Waals surface area contributed by atoms with E-state index in [4.69, 9.17) is 0 Å². The number of nitrogens with one attached hydrogen (secondary N) is 1. The van der Waals surface area contributed by atoms with Crippen molar-refractivity contribution < 1.29 is 17.2 Å². The van der Waals surface area contributed by atoms with Crippen molar-refractivity contribution in [3.05, 3.63) is 53.0 Å². The second kappa shape index (κ2) is 5.77. The summed E-state index contributed by atoms with van der Waals surface area (Å²) in [7, 11) is 0. The lowest BCUT2D eigenvalue weighted by Gasteiger charge is -2.04. The standard InChI is InChI=1S/C14H11N5O.ClH/c1-9-11(7-17-14(9)20)10-2-3-13(12(6-10)18-15)19-5-4-16-8-19;/h2-6,8H,7H2,1H3;1H.